The lowest BCUT2D eigenvalue weighted by atomic mass is 10.2. The van der Waals surface area contributed by atoms with Crippen molar-refractivity contribution in [2.24, 2.45) is 0 Å². The van der Waals surface area contributed by atoms with Gasteiger partial charge >= 0.3 is 0 Å². The first kappa shape index (κ1) is 17.2. The quantitative estimate of drug-likeness (QED) is 0.700. The molecule has 0 aliphatic carbocycles. The molecule has 1 aliphatic heterocycles. The summed E-state index contributed by atoms with van der Waals surface area (Å²) in [6.07, 6.45) is 3.48. The van der Waals surface area contributed by atoms with Crippen molar-refractivity contribution in [3.63, 3.8) is 0 Å². The molecule has 1 amide bonds. The maximum atomic E-state index is 12.0. The van der Waals surface area contributed by atoms with Gasteiger partial charge in [0.1, 0.15) is 18.0 Å². The molecule has 3 rings (SSSR count). The van der Waals surface area contributed by atoms with Gasteiger partial charge in [-0.25, -0.2) is 9.97 Å². The summed E-state index contributed by atoms with van der Waals surface area (Å²) in [7, 11) is 0. The molecule has 1 aromatic carbocycles. The van der Waals surface area contributed by atoms with Crippen molar-refractivity contribution in [3.05, 3.63) is 48.3 Å². The number of aliphatic hydroxyl groups excluding tert-OH is 1. The number of benzene rings is 1. The van der Waals surface area contributed by atoms with Crippen molar-refractivity contribution < 1.29 is 9.90 Å². The summed E-state index contributed by atoms with van der Waals surface area (Å²) >= 11 is 0. The van der Waals surface area contributed by atoms with E-state index in [1.54, 1.807) is 0 Å². The number of hydrogen-bond acceptors (Lipinski definition) is 6. The first-order valence-corrected chi connectivity index (χ1v) is 8.50. The number of nitrogens with zero attached hydrogens (tertiary/aromatic N) is 3. The molecule has 1 unspecified atom stereocenters. The molecule has 1 aromatic heterocycles. The van der Waals surface area contributed by atoms with Crippen LogP contribution in [-0.4, -0.2) is 46.7 Å². The third-order valence-electron chi connectivity index (χ3n) is 4.30. The van der Waals surface area contributed by atoms with Crippen LogP contribution >= 0.6 is 0 Å². The fraction of sp³-hybridized carbons (Fsp3) is 0.389. The Kier molecular flexibility index (Phi) is 5.79. The maximum absolute atomic E-state index is 12.0. The second-order valence-corrected chi connectivity index (χ2v) is 6.05. The average Bonchev–Trinajstić information content (AvgIpc) is 3.14. The standard InChI is InChI=1S/C18H23N5O2/c24-12-15-7-4-8-23(15)17-9-16(21-13-22-17)19-11-18(25)20-10-14-5-2-1-3-6-14/h1-3,5-6,9,13,15,24H,4,7-8,10-12H2,(H,20,25)(H,19,21,22). The van der Waals surface area contributed by atoms with E-state index in [9.17, 15) is 9.90 Å². The molecule has 1 aliphatic rings. The predicted molar refractivity (Wildman–Crippen MR) is 96.3 cm³/mol. The lowest BCUT2D eigenvalue weighted by molar-refractivity contribution is -0.119. The van der Waals surface area contributed by atoms with E-state index in [4.69, 9.17) is 0 Å². The summed E-state index contributed by atoms with van der Waals surface area (Å²) in [5.74, 6) is 1.28. The van der Waals surface area contributed by atoms with Crippen LogP contribution in [0.1, 0.15) is 18.4 Å². The van der Waals surface area contributed by atoms with E-state index >= 15 is 0 Å². The van der Waals surface area contributed by atoms with Gasteiger partial charge in [0.15, 0.2) is 0 Å². The minimum atomic E-state index is -0.0987. The van der Waals surface area contributed by atoms with Crippen molar-refractivity contribution in [1.29, 1.82) is 0 Å². The van der Waals surface area contributed by atoms with Gasteiger partial charge in [-0.2, -0.15) is 0 Å². The van der Waals surface area contributed by atoms with Crippen LogP contribution in [0, 0.1) is 0 Å². The topological polar surface area (TPSA) is 90.4 Å². The number of hydrogen-bond donors (Lipinski definition) is 3. The van der Waals surface area contributed by atoms with Crippen LogP contribution in [0.2, 0.25) is 0 Å². The number of anilines is 2. The Labute approximate surface area is 147 Å². The highest BCUT2D eigenvalue weighted by atomic mass is 16.3. The van der Waals surface area contributed by atoms with Crippen LogP contribution in [-0.2, 0) is 11.3 Å². The minimum Gasteiger partial charge on any atom is -0.394 e. The van der Waals surface area contributed by atoms with Crippen LogP contribution in [0.5, 0.6) is 0 Å². The van der Waals surface area contributed by atoms with Gasteiger partial charge in [-0.05, 0) is 18.4 Å². The average molecular weight is 341 g/mol. The monoisotopic (exact) mass is 341 g/mol. The first-order chi connectivity index (χ1) is 12.3. The third-order valence-corrected chi connectivity index (χ3v) is 4.30. The Morgan fingerprint density at radius 2 is 2.12 bits per heavy atom. The number of carbonyl (C=O) groups excluding carboxylic acids is 1. The predicted octanol–water partition coefficient (Wildman–Crippen LogP) is 1.17. The van der Waals surface area contributed by atoms with E-state index in [0.29, 0.717) is 12.4 Å². The normalized spacial score (nSPS) is 16.7. The number of aliphatic hydroxyl groups is 1. The molecule has 2 aromatic rings. The molecule has 2 heterocycles. The molecule has 1 atom stereocenters. The molecule has 0 spiro atoms. The maximum Gasteiger partial charge on any atom is 0.239 e. The van der Waals surface area contributed by atoms with E-state index in [1.807, 2.05) is 36.4 Å². The molecule has 7 heteroatoms. The number of carbonyl (C=O) groups is 1. The fourth-order valence-electron chi connectivity index (χ4n) is 2.96. The number of nitrogens with one attached hydrogen (secondary N) is 2. The summed E-state index contributed by atoms with van der Waals surface area (Å²) in [6.45, 7) is 1.64. The Morgan fingerprint density at radius 3 is 2.92 bits per heavy atom. The molecule has 0 bridgehead atoms. The smallest absolute Gasteiger partial charge is 0.239 e. The van der Waals surface area contributed by atoms with Gasteiger partial charge in [-0.3, -0.25) is 4.79 Å². The van der Waals surface area contributed by atoms with Crippen LogP contribution in [0.25, 0.3) is 0 Å². The minimum absolute atomic E-state index is 0.0987. The number of aromatic nitrogens is 2. The lowest BCUT2D eigenvalue weighted by Crippen LogP contribution is -2.33. The molecule has 3 N–H and O–H groups in total. The fourth-order valence-corrected chi connectivity index (χ4v) is 2.96. The van der Waals surface area contributed by atoms with Crippen LogP contribution < -0.4 is 15.5 Å². The molecule has 132 valence electrons. The summed E-state index contributed by atoms with van der Waals surface area (Å²) < 4.78 is 0. The highest BCUT2D eigenvalue weighted by molar-refractivity contribution is 5.80. The molecule has 25 heavy (non-hydrogen) atoms. The molecular formula is C18H23N5O2. The molecule has 0 radical (unpaired) electrons. The van der Waals surface area contributed by atoms with Crippen LogP contribution in [0.3, 0.4) is 0 Å². The van der Waals surface area contributed by atoms with Crippen molar-refractivity contribution in [3.8, 4) is 0 Å². The van der Waals surface area contributed by atoms with E-state index in [-0.39, 0.29) is 25.1 Å². The summed E-state index contributed by atoms with van der Waals surface area (Å²) in [5, 5.41) is 15.3. The van der Waals surface area contributed by atoms with Crippen molar-refractivity contribution >= 4 is 17.5 Å². The van der Waals surface area contributed by atoms with Gasteiger partial charge in [-0.15, -0.1) is 0 Å². The Balaban J connectivity index is 1.51. The lowest BCUT2D eigenvalue weighted by Gasteiger charge is -2.24. The molecular weight excluding hydrogens is 318 g/mol. The summed E-state index contributed by atoms with van der Waals surface area (Å²) in [5.41, 5.74) is 1.06. The summed E-state index contributed by atoms with van der Waals surface area (Å²) in [4.78, 5) is 22.5. The van der Waals surface area contributed by atoms with E-state index < -0.39 is 0 Å². The number of rotatable bonds is 7. The molecule has 7 nitrogen and oxygen atoms in total. The molecule has 0 saturated carbocycles. The van der Waals surface area contributed by atoms with Crippen molar-refractivity contribution in [2.75, 3.05) is 29.9 Å². The second kappa shape index (κ2) is 8.43. The largest absolute Gasteiger partial charge is 0.394 e. The van der Waals surface area contributed by atoms with Crippen molar-refractivity contribution in [2.45, 2.75) is 25.4 Å². The highest BCUT2D eigenvalue weighted by Gasteiger charge is 2.25. The van der Waals surface area contributed by atoms with Gasteiger partial charge in [0, 0.05) is 19.2 Å². The van der Waals surface area contributed by atoms with Gasteiger partial charge in [0.05, 0.1) is 19.2 Å². The zero-order valence-corrected chi connectivity index (χ0v) is 14.1. The van der Waals surface area contributed by atoms with E-state index in [0.717, 1.165) is 30.8 Å². The van der Waals surface area contributed by atoms with Gasteiger partial charge in [-0.1, -0.05) is 30.3 Å². The van der Waals surface area contributed by atoms with Gasteiger partial charge < -0.3 is 20.6 Å². The SMILES string of the molecule is O=C(CNc1cc(N2CCCC2CO)ncn1)NCc1ccccc1. The number of amides is 1. The van der Waals surface area contributed by atoms with E-state index in [2.05, 4.69) is 25.5 Å². The zero-order valence-electron chi connectivity index (χ0n) is 14.1. The van der Waals surface area contributed by atoms with Crippen LogP contribution in [0.15, 0.2) is 42.7 Å². The second-order valence-electron chi connectivity index (χ2n) is 6.05. The Hall–Kier alpha value is -2.67. The van der Waals surface area contributed by atoms with Gasteiger partial charge in [0.25, 0.3) is 0 Å². The highest BCUT2D eigenvalue weighted by Crippen LogP contribution is 2.24. The zero-order chi connectivity index (χ0) is 17.5. The van der Waals surface area contributed by atoms with Gasteiger partial charge in [0.2, 0.25) is 5.91 Å². The summed E-state index contributed by atoms with van der Waals surface area (Å²) in [6, 6.07) is 11.7. The molecule has 1 saturated heterocycles. The third kappa shape index (κ3) is 4.67. The first-order valence-electron chi connectivity index (χ1n) is 8.50. The Morgan fingerprint density at radius 1 is 1.28 bits per heavy atom. The Bertz CT molecular complexity index is 695. The van der Waals surface area contributed by atoms with Crippen LogP contribution in [0.4, 0.5) is 11.6 Å². The van der Waals surface area contributed by atoms with E-state index in [1.165, 1.54) is 6.33 Å². The molecule has 1 fully saturated rings. The van der Waals surface area contributed by atoms with Crippen molar-refractivity contribution in [1.82, 2.24) is 15.3 Å².